The first-order chi connectivity index (χ1) is 11.9. The van der Waals surface area contributed by atoms with Gasteiger partial charge >= 0.3 is 0 Å². The smallest absolute Gasteiger partial charge is 0.145 e. The van der Waals surface area contributed by atoms with E-state index in [1.807, 2.05) is 18.2 Å². The van der Waals surface area contributed by atoms with E-state index in [-0.39, 0.29) is 0 Å². The van der Waals surface area contributed by atoms with Crippen molar-refractivity contribution in [2.24, 2.45) is 0 Å². The van der Waals surface area contributed by atoms with Gasteiger partial charge in [-0.3, -0.25) is 0 Å². The number of rotatable bonds is 3. The number of hydrogen-bond donors (Lipinski definition) is 1. The second kappa shape index (κ2) is 6.45. The number of ether oxygens (including phenoxy) is 1. The molecule has 1 aliphatic heterocycles. The highest BCUT2D eigenvalue weighted by Gasteiger charge is 2.23. The van der Waals surface area contributed by atoms with Crippen molar-refractivity contribution < 1.29 is 4.74 Å². The minimum absolute atomic E-state index is 0.301. The predicted octanol–water partition coefficient (Wildman–Crippen LogP) is 2.79. The Kier molecular flexibility index (Phi) is 4.01. The Hall–Kier alpha value is -2.66. The first-order valence-corrected chi connectivity index (χ1v) is 8.18. The van der Waals surface area contributed by atoms with Crippen LogP contribution in [0.2, 0.25) is 0 Å². The van der Waals surface area contributed by atoms with Crippen LogP contribution in [-0.2, 0) is 0 Å². The van der Waals surface area contributed by atoms with Gasteiger partial charge in [0.2, 0.25) is 0 Å². The number of fused-ring (bicyclic) bond motifs is 1. The maximum absolute atomic E-state index is 5.44. The molecule has 0 radical (unpaired) electrons. The van der Waals surface area contributed by atoms with Crippen LogP contribution in [0.1, 0.15) is 11.6 Å². The molecule has 1 unspecified atom stereocenters. The molecule has 0 saturated carbocycles. The van der Waals surface area contributed by atoms with Gasteiger partial charge in [-0.2, -0.15) is 0 Å². The highest BCUT2D eigenvalue weighted by Crippen LogP contribution is 2.30. The molecule has 2 aromatic carbocycles. The summed E-state index contributed by atoms with van der Waals surface area (Å²) in [7, 11) is 1.67. The SMILES string of the molecule is COc1cccc2c(N3CCNC(c4ccccc4)C3)ncnc12. The van der Waals surface area contributed by atoms with Gasteiger partial charge in [0.05, 0.1) is 7.11 Å². The predicted molar refractivity (Wildman–Crippen MR) is 95.5 cm³/mol. The summed E-state index contributed by atoms with van der Waals surface area (Å²) in [6.07, 6.45) is 1.62. The number of nitrogens with one attached hydrogen (secondary N) is 1. The Morgan fingerprint density at radius 3 is 2.79 bits per heavy atom. The van der Waals surface area contributed by atoms with Crippen LogP contribution in [0, 0.1) is 0 Å². The minimum Gasteiger partial charge on any atom is -0.494 e. The van der Waals surface area contributed by atoms with Gasteiger partial charge < -0.3 is 15.0 Å². The zero-order chi connectivity index (χ0) is 16.4. The van der Waals surface area contributed by atoms with Gasteiger partial charge in [-0.15, -0.1) is 0 Å². The topological polar surface area (TPSA) is 50.3 Å². The Balaban J connectivity index is 1.70. The maximum Gasteiger partial charge on any atom is 0.145 e. The molecule has 5 nitrogen and oxygen atoms in total. The Bertz CT molecular complexity index is 837. The molecule has 4 rings (SSSR count). The lowest BCUT2D eigenvalue weighted by molar-refractivity contribution is 0.419. The van der Waals surface area contributed by atoms with E-state index in [4.69, 9.17) is 4.74 Å². The van der Waals surface area contributed by atoms with E-state index >= 15 is 0 Å². The molecule has 1 N–H and O–H groups in total. The van der Waals surface area contributed by atoms with Crippen LogP contribution in [0.4, 0.5) is 5.82 Å². The number of nitrogens with zero attached hydrogens (tertiary/aromatic N) is 3. The third kappa shape index (κ3) is 2.67. The van der Waals surface area contributed by atoms with Crippen LogP contribution in [0.5, 0.6) is 5.75 Å². The molecule has 1 fully saturated rings. The van der Waals surface area contributed by atoms with Gasteiger partial charge in [0, 0.05) is 31.1 Å². The third-order valence-corrected chi connectivity index (χ3v) is 4.50. The van der Waals surface area contributed by atoms with E-state index in [1.165, 1.54) is 5.56 Å². The van der Waals surface area contributed by atoms with Gasteiger partial charge in [0.25, 0.3) is 0 Å². The zero-order valence-corrected chi connectivity index (χ0v) is 13.6. The molecular weight excluding hydrogens is 300 g/mol. The average molecular weight is 320 g/mol. The summed E-state index contributed by atoms with van der Waals surface area (Å²) < 4.78 is 5.44. The summed E-state index contributed by atoms with van der Waals surface area (Å²) in [5, 5.41) is 4.63. The molecule has 122 valence electrons. The fourth-order valence-corrected chi connectivity index (χ4v) is 3.31. The summed E-state index contributed by atoms with van der Waals surface area (Å²) in [5.74, 6) is 1.76. The molecular formula is C19H20N4O. The molecule has 1 saturated heterocycles. The van der Waals surface area contributed by atoms with Crippen molar-refractivity contribution in [2.45, 2.75) is 6.04 Å². The quantitative estimate of drug-likeness (QED) is 0.804. The number of aromatic nitrogens is 2. The Labute approximate surface area is 141 Å². The van der Waals surface area contributed by atoms with Gasteiger partial charge in [-0.25, -0.2) is 9.97 Å². The summed E-state index contributed by atoms with van der Waals surface area (Å²) >= 11 is 0. The standard InChI is InChI=1S/C19H20N4O/c1-24-17-9-5-8-15-18(17)21-13-22-19(15)23-11-10-20-16(12-23)14-6-3-2-4-7-14/h2-9,13,16,20H,10-12H2,1H3. The summed E-state index contributed by atoms with van der Waals surface area (Å²) in [6, 6.07) is 16.8. The van der Waals surface area contributed by atoms with Crippen LogP contribution in [-0.4, -0.2) is 36.7 Å². The molecule has 1 aromatic heterocycles. The molecule has 24 heavy (non-hydrogen) atoms. The van der Waals surface area contributed by atoms with Crippen LogP contribution < -0.4 is 15.0 Å². The van der Waals surface area contributed by atoms with Crippen LogP contribution in [0.3, 0.4) is 0 Å². The van der Waals surface area contributed by atoms with Crippen molar-refractivity contribution in [3.8, 4) is 5.75 Å². The highest BCUT2D eigenvalue weighted by atomic mass is 16.5. The number of hydrogen-bond acceptors (Lipinski definition) is 5. The average Bonchev–Trinajstić information content (AvgIpc) is 2.68. The molecule has 1 aliphatic rings. The number of para-hydroxylation sites is 1. The number of methoxy groups -OCH3 is 1. The van der Waals surface area contributed by atoms with E-state index < -0.39 is 0 Å². The monoisotopic (exact) mass is 320 g/mol. The lowest BCUT2D eigenvalue weighted by Crippen LogP contribution is -2.46. The van der Waals surface area contributed by atoms with Crippen LogP contribution in [0.15, 0.2) is 54.9 Å². The van der Waals surface area contributed by atoms with Gasteiger partial charge in [-0.1, -0.05) is 36.4 Å². The fourth-order valence-electron chi connectivity index (χ4n) is 3.31. The Morgan fingerprint density at radius 2 is 1.96 bits per heavy atom. The van der Waals surface area contributed by atoms with Crippen molar-refractivity contribution in [3.63, 3.8) is 0 Å². The van der Waals surface area contributed by atoms with E-state index in [0.717, 1.165) is 42.1 Å². The molecule has 3 aromatic rings. The van der Waals surface area contributed by atoms with Gasteiger partial charge in [0.1, 0.15) is 23.4 Å². The fraction of sp³-hybridized carbons (Fsp3) is 0.263. The maximum atomic E-state index is 5.44. The van der Waals surface area contributed by atoms with E-state index in [0.29, 0.717) is 6.04 Å². The van der Waals surface area contributed by atoms with Crippen molar-refractivity contribution in [2.75, 3.05) is 31.6 Å². The third-order valence-electron chi connectivity index (χ3n) is 4.50. The van der Waals surface area contributed by atoms with E-state index in [2.05, 4.69) is 50.5 Å². The summed E-state index contributed by atoms with van der Waals surface area (Å²) in [6.45, 7) is 2.73. The summed E-state index contributed by atoms with van der Waals surface area (Å²) in [4.78, 5) is 11.3. The van der Waals surface area contributed by atoms with Crippen molar-refractivity contribution in [3.05, 3.63) is 60.4 Å². The largest absolute Gasteiger partial charge is 0.494 e. The normalized spacial score (nSPS) is 17.9. The molecule has 0 aliphatic carbocycles. The van der Waals surface area contributed by atoms with Crippen LogP contribution >= 0.6 is 0 Å². The van der Waals surface area contributed by atoms with E-state index in [9.17, 15) is 0 Å². The second-order valence-corrected chi connectivity index (χ2v) is 5.92. The molecule has 0 bridgehead atoms. The van der Waals surface area contributed by atoms with Crippen LogP contribution in [0.25, 0.3) is 10.9 Å². The van der Waals surface area contributed by atoms with Crippen molar-refractivity contribution >= 4 is 16.7 Å². The molecule has 5 heteroatoms. The first-order valence-electron chi connectivity index (χ1n) is 8.18. The number of benzene rings is 2. The van der Waals surface area contributed by atoms with Crippen molar-refractivity contribution in [1.82, 2.24) is 15.3 Å². The zero-order valence-electron chi connectivity index (χ0n) is 13.6. The molecule has 0 spiro atoms. The number of anilines is 1. The van der Waals surface area contributed by atoms with Gasteiger partial charge in [0.15, 0.2) is 0 Å². The lowest BCUT2D eigenvalue weighted by atomic mass is 10.0. The highest BCUT2D eigenvalue weighted by molar-refractivity contribution is 5.93. The molecule has 1 atom stereocenters. The van der Waals surface area contributed by atoms with Gasteiger partial charge in [-0.05, 0) is 17.7 Å². The minimum atomic E-state index is 0.301. The Morgan fingerprint density at radius 1 is 1.08 bits per heavy atom. The second-order valence-electron chi connectivity index (χ2n) is 5.92. The summed E-state index contributed by atoms with van der Waals surface area (Å²) in [5.41, 5.74) is 2.16. The number of piperazine rings is 1. The lowest BCUT2D eigenvalue weighted by Gasteiger charge is -2.35. The molecule has 2 heterocycles. The van der Waals surface area contributed by atoms with Crippen molar-refractivity contribution in [1.29, 1.82) is 0 Å². The molecule has 0 amide bonds. The van der Waals surface area contributed by atoms with E-state index in [1.54, 1.807) is 13.4 Å². The first kappa shape index (κ1) is 14.9.